The van der Waals surface area contributed by atoms with E-state index in [1.54, 1.807) is 39.5 Å². The fourth-order valence-corrected chi connectivity index (χ4v) is 7.52. The molecule has 13 heteroatoms. The average Bonchev–Trinajstić information content (AvgIpc) is 3.67. The van der Waals surface area contributed by atoms with Crippen LogP contribution in [0, 0.1) is 11.8 Å². The van der Waals surface area contributed by atoms with Crippen molar-refractivity contribution in [1.82, 2.24) is 33.4 Å². The van der Waals surface area contributed by atoms with Crippen LogP contribution in [0.1, 0.15) is 47.8 Å². The van der Waals surface area contributed by atoms with Gasteiger partial charge in [-0.05, 0) is 68.1 Å². The molecule has 7 rings (SSSR count). The molecule has 10 nitrogen and oxygen atoms in total. The Bertz CT molecular complexity index is 1940. The number of Topliss-reactive ketones (excluding diaryl/α,β-unsaturated/α-hetero) is 1. The Balaban J connectivity index is 1.22. The molecular formula is C30H27F2N7O3S. The van der Waals surface area contributed by atoms with Gasteiger partial charge in [0.1, 0.15) is 11.5 Å². The summed E-state index contributed by atoms with van der Waals surface area (Å²) < 4.78 is 58.1. The smallest absolute Gasteiger partial charge is 0.216 e. The molecule has 43 heavy (non-hydrogen) atoms. The second-order valence-electron chi connectivity index (χ2n) is 11.0. The molecule has 0 unspecified atom stereocenters. The topological polar surface area (TPSA) is 115 Å². The minimum atomic E-state index is -3.24. The summed E-state index contributed by atoms with van der Waals surface area (Å²) in [6.07, 6.45) is 7.31. The number of benzene rings is 1. The molecule has 5 heterocycles. The molecule has 1 aromatic carbocycles. The molecule has 1 saturated heterocycles. The Labute approximate surface area is 246 Å². The molecule has 0 spiro atoms. The quantitative estimate of drug-likeness (QED) is 0.190. The summed E-state index contributed by atoms with van der Waals surface area (Å²) in [5.74, 6) is -1.38. The third-order valence-corrected chi connectivity index (χ3v) is 10.4. The first-order valence-electron chi connectivity index (χ1n) is 14.1. The van der Waals surface area contributed by atoms with Gasteiger partial charge in [0.05, 0.1) is 41.3 Å². The van der Waals surface area contributed by atoms with Crippen LogP contribution in [0.4, 0.5) is 8.78 Å². The van der Waals surface area contributed by atoms with Crippen LogP contribution in [0.2, 0.25) is 0 Å². The highest BCUT2D eigenvalue weighted by Crippen LogP contribution is 2.38. The number of imidazole rings is 2. The van der Waals surface area contributed by atoms with Gasteiger partial charge in [-0.3, -0.25) is 4.79 Å². The lowest BCUT2D eigenvalue weighted by Crippen LogP contribution is -2.40. The van der Waals surface area contributed by atoms with E-state index in [4.69, 9.17) is 10.1 Å². The van der Waals surface area contributed by atoms with Crippen LogP contribution in [-0.2, 0) is 16.4 Å². The van der Waals surface area contributed by atoms with Gasteiger partial charge in [0.25, 0.3) is 0 Å². The van der Waals surface area contributed by atoms with Crippen molar-refractivity contribution in [2.75, 3.05) is 13.1 Å². The standard InChI is InChI=1S/C30H27F2N7O3S/c31-21-3-1-19(2-4-21)29-30(38(18-34-29)23-10-13-37(14-11-23)43(41,42)24-5-6-24)25-7-8-28-35-22(17-39(28)36-25)16-26(40)20-9-12-33-27(32)15-20/h1-4,7-9,12,15,17-18,23-24H,5-6,10-11,13-14,16H2. The maximum atomic E-state index is 13.8. The largest absolute Gasteiger partial charge is 0.326 e. The molecular weight excluding hydrogens is 576 g/mol. The number of piperidine rings is 1. The summed E-state index contributed by atoms with van der Waals surface area (Å²) in [6.45, 7) is 0.861. The Morgan fingerprint density at radius 3 is 2.44 bits per heavy atom. The van der Waals surface area contributed by atoms with Crippen LogP contribution in [-0.4, -0.2) is 66.0 Å². The SMILES string of the molecule is O=C(Cc1cn2nc(-c3c(-c4ccc(F)cc4)ncn3C3CCN(S(=O)(=O)C4CC4)CC3)ccc2n1)c1ccnc(F)c1. The van der Waals surface area contributed by atoms with E-state index in [2.05, 4.69) is 9.97 Å². The molecule has 0 N–H and O–H groups in total. The minimum Gasteiger partial charge on any atom is -0.326 e. The van der Waals surface area contributed by atoms with Crippen LogP contribution in [0.3, 0.4) is 0 Å². The third kappa shape index (κ3) is 5.34. The number of aromatic nitrogens is 6. The molecule has 2 aliphatic rings. The molecule has 4 aromatic heterocycles. The lowest BCUT2D eigenvalue weighted by atomic mass is 10.0. The van der Waals surface area contributed by atoms with E-state index in [9.17, 15) is 22.0 Å². The first kappa shape index (κ1) is 27.5. The van der Waals surface area contributed by atoms with E-state index < -0.39 is 16.0 Å². The summed E-state index contributed by atoms with van der Waals surface area (Å²) in [6, 6.07) is 12.2. The van der Waals surface area contributed by atoms with Gasteiger partial charge in [-0.1, -0.05) is 0 Å². The van der Waals surface area contributed by atoms with Gasteiger partial charge < -0.3 is 4.57 Å². The molecule has 2 fully saturated rings. The molecule has 220 valence electrons. The van der Waals surface area contributed by atoms with Crippen LogP contribution < -0.4 is 0 Å². The van der Waals surface area contributed by atoms with Crippen LogP contribution in [0.5, 0.6) is 0 Å². The number of carbonyl (C=O) groups excluding carboxylic acids is 1. The maximum Gasteiger partial charge on any atom is 0.216 e. The molecule has 5 aromatic rings. The molecule has 0 atom stereocenters. The Morgan fingerprint density at radius 2 is 1.72 bits per heavy atom. The fourth-order valence-electron chi connectivity index (χ4n) is 5.65. The number of pyridine rings is 1. The van der Waals surface area contributed by atoms with Crippen molar-refractivity contribution in [3.05, 3.63) is 90.3 Å². The first-order valence-corrected chi connectivity index (χ1v) is 15.6. The Kier molecular flexibility index (Phi) is 6.85. The van der Waals surface area contributed by atoms with E-state index >= 15 is 0 Å². The van der Waals surface area contributed by atoms with Crippen molar-refractivity contribution in [3.8, 4) is 22.6 Å². The van der Waals surface area contributed by atoms with Crippen molar-refractivity contribution in [2.45, 2.75) is 43.4 Å². The van der Waals surface area contributed by atoms with Crippen LogP contribution >= 0.6 is 0 Å². The molecule has 0 radical (unpaired) electrons. The summed E-state index contributed by atoms with van der Waals surface area (Å²) >= 11 is 0. The summed E-state index contributed by atoms with van der Waals surface area (Å²) in [5.41, 5.74) is 3.85. The van der Waals surface area contributed by atoms with Crippen LogP contribution in [0.25, 0.3) is 28.3 Å². The number of rotatable bonds is 8. The van der Waals surface area contributed by atoms with Crippen LogP contribution in [0.15, 0.2) is 67.3 Å². The van der Waals surface area contributed by atoms with Crippen molar-refractivity contribution >= 4 is 21.5 Å². The van der Waals surface area contributed by atoms with Gasteiger partial charge in [0, 0.05) is 42.5 Å². The van der Waals surface area contributed by atoms with Gasteiger partial charge in [0.15, 0.2) is 11.4 Å². The second-order valence-corrected chi connectivity index (χ2v) is 13.2. The number of sulfonamides is 1. The second kappa shape index (κ2) is 10.7. The van der Waals surface area contributed by atoms with E-state index in [0.29, 0.717) is 54.2 Å². The molecule has 1 aliphatic carbocycles. The van der Waals surface area contributed by atoms with Gasteiger partial charge >= 0.3 is 0 Å². The van der Waals surface area contributed by atoms with Crippen molar-refractivity contribution < 1.29 is 22.0 Å². The third-order valence-electron chi connectivity index (χ3n) is 8.04. The lowest BCUT2D eigenvalue weighted by Gasteiger charge is -2.32. The van der Waals surface area contributed by atoms with Gasteiger partial charge in [0.2, 0.25) is 16.0 Å². The number of fused-ring (bicyclic) bond motifs is 1. The van der Waals surface area contributed by atoms with Gasteiger partial charge in [-0.15, -0.1) is 0 Å². The Morgan fingerprint density at radius 1 is 0.953 bits per heavy atom. The number of ketones is 1. The van der Waals surface area contributed by atoms with E-state index in [-0.39, 0.29) is 34.9 Å². The summed E-state index contributed by atoms with van der Waals surface area (Å²) in [4.78, 5) is 25.4. The summed E-state index contributed by atoms with van der Waals surface area (Å²) in [7, 11) is -3.24. The lowest BCUT2D eigenvalue weighted by molar-refractivity contribution is 0.0991. The van der Waals surface area contributed by atoms with E-state index in [0.717, 1.165) is 24.6 Å². The van der Waals surface area contributed by atoms with Crippen molar-refractivity contribution in [3.63, 3.8) is 0 Å². The zero-order valence-corrected chi connectivity index (χ0v) is 23.8. The number of hydrogen-bond acceptors (Lipinski definition) is 7. The predicted octanol–water partition coefficient (Wildman–Crippen LogP) is 4.49. The zero-order valence-electron chi connectivity index (χ0n) is 23.0. The fraction of sp³-hybridized carbons (Fsp3) is 0.300. The number of hydrogen-bond donors (Lipinski definition) is 0. The first-order chi connectivity index (χ1) is 20.8. The highest BCUT2D eigenvalue weighted by molar-refractivity contribution is 7.90. The number of halogens is 2. The Hall–Kier alpha value is -4.36. The molecule has 0 bridgehead atoms. The number of carbonyl (C=O) groups is 1. The maximum absolute atomic E-state index is 13.8. The zero-order chi connectivity index (χ0) is 29.7. The van der Waals surface area contributed by atoms with E-state index in [1.165, 1.54) is 24.4 Å². The molecule has 1 aliphatic heterocycles. The van der Waals surface area contributed by atoms with E-state index in [1.807, 2.05) is 10.6 Å². The number of nitrogens with zero attached hydrogens (tertiary/aromatic N) is 7. The van der Waals surface area contributed by atoms with Gasteiger partial charge in [-0.2, -0.15) is 9.49 Å². The van der Waals surface area contributed by atoms with Crippen molar-refractivity contribution in [1.29, 1.82) is 0 Å². The minimum absolute atomic E-state index is 0.0171. The predicted molar refractivity (Wildman–Crippen MR) is 154 cm³/mol. The highest BCUT2D eigenvalue weighted by Gasteiger charge is 2.41. The molecule has 1 saturated carbocycles. The molecule has 0 amide bonds. The van der Waals surface area contributed by atoms with Crippen molar-refractivity contribution in [2.24, 2.45) is 0 Å². The average molecular weight is 604 g/mol. The monoisotopic (exact) mass is 603 g/mol. The summed E-state index contributed by atoms with van der Waals surface area (Å²) in [5, 5.41) is 4.57. The van der Waals surface area contributed by atoms with Gasteiger partial charge in [-0.25, -0.2) is 36.6 Å². The highest BCUT2D eigenvalue weighted by atomic mass is 32.2. The normalized spacial score (nSPS) is 16.6.